The van der Waals surface area contributed by atoms with Gasteiger partial charge in [-0.2, -0.15) is 0 Å². The number of thiophene rings is 1. The molecule has 0 saturated heterocycles. The number of nitro groups is 1. The number of fused-ring (bicyclic) bond motifs is 3. The minimum Gasteiger partial charge on any atom is -0.502 e. The quantitative estimate of drug-likeness (QED) is 0.512. The second-order valence-corrected chi connectivity index (χ2v) is 9.67. The van der Waals surface area contributed by atoms with E-state index in [4.69, 9.17) is 0 Å². The molecule has 1 aromatic heterocycles. The SMILES string of the molecule is CC(C)(C)[C@H]1CCc2c(sc3c2C(=O)N[C@@H](c2ccc(O)c([N+](=O)[O-])c2)N3)C1. The number of amides is 1. The Balaban J connectivity index is 1.65. The summed E-state index contributed by atoms with van der Waals surface area (Å²) >= 11 is 1.62. The molecule has 148 valence electrons. The molecule has 0 spiro atoms. The summed E-state index contributed by atoms with van der Waals surface area (Å²) in [7, 11) is 0. The van der Waals surface area contributed by atoms with E-state index in [-0.39, 0.29) is 17.0 Å². The minimum atomic E-state index is -0.634. The number of phenols is 1. The lowest BCUT2D eigenvalue weighted by molar-refractivity contribution is -0.385. The summed E-state index contributed by atoms with van der Waals surface area (Å²) in [6, 6.07) is 4.15. The van der Waals surface area contributed by atoms with Crippen molar-refractivity contribution in [2.45, 2.75) is 46.2 Å². The molecule has 1 amide bonds. The van der Waals surface area contributed by atoms with Crippen LogP contribution in [0.1, 0.15) is 59.7 Å². The maximum atomic E-state index is 12.8. The molecule has 2 aromatic rings. The number of hydrogen-bond acceptors (Lipinski definition) is 6. The molecule has 0 bridgehead atoms. The molecule has 3 N–H and O–H groups in total. The van der Waals surface area contributed by atoms with Crippen molar-refractivity contribution in [1.82, 2.24) is 5.32 Å². The predicted octanol–water partition coefficient (Wildman–Crippen LogP) is 4.37. The predicted molar refractivity (Wildman–Crippen MR) is 108 cm³/mol. The van der Waals surface area contributed by atoms with E-state index in [2.05, 4.69) is 31.4 Å². The van der Waals surface area contributed by atoms with Gasteiger partial charge in [-0.15, -0.1) is 11.3 Å². The summed E-state index contributed by atoms with van der Waals surface area (Å²) in [6.45, 7) is 6.78. The Morgan fingerprint density at radius 3 is 2.71 bits per heavy atom. The zero-order chi connectivity index (χ0) is 20.2. The first-order valence-electron chi connectivity index (χ1n) is 9.34. The molecule has 2 atom stereocenters. The summed E-state index contributed by atoms with van der Waals surface area (Å²) in [5.74, 6) is 0.0382. The van der Waals surface area contributed by atoms with Crippen LogP contribution >= 0.6 is 11.3 Å². The average Bonchev–Trinajstić information content (AvgIpc) is 2.99. The van der Waals surface area contributed by atoms with Gasteiger partial charge in [0, 0.05) is 16.5 Å². The van der Waals surface area contributed by atoms with Gasteiger partial charge in [-0.1, -0.05) is 26.8 Å². The van der Waals surface area contributed by atoms with E-state index in [0.717, 1.165) is 35.4 Å². The second kappa shape index (κ2) is 6.48. The van der Waals surface area contributed by atoms with E-state index in [9.17, 15) is 20.0 Å². The van der Waals surface area contributed by atoms with Crippen molar-refractivity contribution in [3.8, 4) is 5.75 Å². The molecule has 4 rings (SSSR count). The van der Waals surface area contributed by atoms with Crippen molar-refractivity contribution in [2.24, 2.45) is 11.3 Å². The van der Waals surface area contributed by atoms with Crippen LogP contribution < -0.4 is 10.6 Å². The number of rotatable bonds is 2. The van der Waals surface area contributed by atoms with Gasteiger partial charge in [0.25, 0.3) is 5.91 Å². The molecule has 2 heterocycles. The van der Waals surface area contributed by atoms with Gasteiger partial charge in [-0.3, -0.25) is 14.9 Å². The third kappa shape index (κ3) is 3.11. The third-order valence-corrected chi connectivity index (χ3v) is 6.98. The summed E-state index contributed by atoms with van der Waals surface area (Å²) in [5.41, 5.74) is 2.24. The lowest BCUT2D eigenvalue weighted by Crippen LogP contribution is -2.38. The smallest absolute Gasteiger partial charge is 0.311 e. The van der Waals surface area contributed by atoms with Crippen LogP contribution in [-0.2, 0) is 12.8 Å². The van der Waals surface area contributed by atoms with Gasteiger partial charge in [-0.05, 0) is 42.2 Å². The highest BCUT2D eigenvalue weighted by Crippen LogP contribution is 2.46. The number of phenolic OH excluding ortho intramolecular Hbond substituents is 1. The number of aromatic hydroxyl groups is 1. The maximum Gasteiger partial charge on any atom is 0.311 e. The van der Waals surface area contributed by atoms with Gasteiger partial charge in [0.15, 0.2) is 5.75 Å². The molecular formula is C20H23N3O4S. The highest BCUT2D eigenvalue weighted by molar-refractivity contribution is 7.16. The lowest BCUT2D eigenvalue weighted by Gasteiger charge is -2.34. The standard InChI is InChI=1S/C20H23N3O4S/c1-20(2,3)11-5-6-12-15(9-11)28-19-16(12)18(25)21-17(22-19)10-4-7-14(24)13(8-10)23(26)27/h4,7-8,11,17,22,24H,5-6,9H2,1-3H3,(H,21,25)/t11-,17+/m0/s1. The van der Waals surface area contributed by atoms with Crippen LogP contribution in [0.5, 0.6) is 5.75 Å². The highest BCUT2D eigenvalue weighted by atomic mass is 32.1. The summed E-state index contributed by atoms with van der Waals surface area (Å²) < 4.78 is 0. The third-order valence-electron chi connectivity index (χ3n) is 5.80. The van der Waals surface area contributed by atoms with Crippen molar-refractivity contribution in [1.29, 1.82) is 0 Å². The Morgan fingerprint density at radius 1 is 1.29 bits per heavy atom. The topological polar surface area (TPSA) is 104 Å². The molecule has 28 heavy (non-hydrogen) atoms. The lowest BCUT2D eigenvalue weighted by atomic mass is 9.72. The number of hydrogen-bond donors (Lipinski definition) is 3. The second-order valence-electron chi connectivity index (χ2n) is 8.57. The fourth-order valence-electron chi connectivity index (χ4n) is 4.07. The molecule has 0 saturated carbocycles. The fourth-order valence-corrected chi connectivity index (χ4v) is 5.42. The number of anilines is 1. The highest BCUT2D eigenvalue weighted by Gasteiger charge is 2.36. The first-order valence-corrected chi connectivity index (χ1v) is 10.2. The van der Waals surface area contributed by atoms with Crippen LogP contribution in [0.3, 0.4) is 0 Å². The Hall–Kier alpha value is -2.61. The van der Waals surface area contributed by atoms with Crippen molar-refractivity contribution < 1.29 is 14.8 Å². The van der Waals surface area contributed by atoms with E-state index in [1.165, 1.54) is 17.0 Å². The van der Waals surface area contributed by atoms with Crippen molar-refractivity contribution >= 4 is 27.9 Å². The monoisotopic (exact) mass is 401 g/mol. The molecular weight excluding hydrogens is 378 g/mol. The summed E-state index contributed by atoms with van der Waals surface area (Å²) in [6.07, 6.45) is 2.37. The molecule has 2 aliphatic rings. The number of benzene rings is 1. The number of nitrogens with one attached hydrogen (secondary N) is 2. The van der Waals surface area contributed by atoms with Crippen LogP contribution in [0.25, 0.3) is 0 Å². The van der Waals surface area contributed by atoms with Gasteiger partial charge in [-0.25, -0.2) is 0 Å². The molecule has 8 heteroatoms. The Bertz CT molecular complexity index is 977. The van der Waals surface area contributed by atoms with Crippen molar-refractivity contribution in [3.05, 3.63) is 49.9 Å². The van der Waals surface area contributed by atoms with Gasteiger partial charge in [0.05, 0.1) is 10.5 Å². The van der Waals surface area contributed by atoms with Crippen LogP contribution in [0.2, 0.25) is 0 Å². The van der Waals surface area contributed by atoms with Gasteiger partial charge >= 0.3 is 5.69 Å². The van der Waals surface area contributed by atoms with Crippen LogP contribution in [0.4, 0.5) is 10.7 Å². The van der Waals surface area contributed by atoms with Crippen LogP contribution in [0, 0.1) is 21.4 Å². The Labute approximate surface area is 166 Å². The molecule has 1 aliphatic carbocycles. The Morgan fingerprint density at radius 2 is 2.04 bits per heavy atom. The van der Waals surface area contributed by atoms with Crippen LogP contribution in [-0.4, -0.2) is 15.9 Å². The van der Waals surface area contributed by atoms with E-state index in [0.29, 0.717) is 11.5 Å². The molecule has 0 radical (unpaired) electrons. The average molecular weight is 401 g/mol. The van der Waals surface area contributed by atoms with E-state index in [1.54, 1.807) is 17.4 Å². The summed E-state index contributed by atoms with van der Waals surface area (Å²) in [5, 5.41) is 27.8. The minimum absolute atomic E-state index is 0.152. The fraction of sp³-hybridized carbons (Fsp3) is 0.450. The summed E-state index contributed by atoms with van der Waals surface area (Å²) in [4.78, 5) is 24.6. The van der Waals surface area contributed by atoms with Crippen molar-refractivity contribution in [2.75, 3.05) is 5.32 Å². The molecule has 1 aliphatic heterocycles. The van der Waals surface area contributed by atoms with Gasteiger partial charge in [0.1, 0.15) is 11.2 Å². The largest absolute Gasteiger partial charge is 0.502 e. The van der Waals surface area contributed by atoms with E-state index >= 15 is 0 Å². The van der Waals surface area contributed by atoms with Gasteiger partial charge < -0.3 is 15.7 Å². The Kier molecular flexibility index (Phi) is 4.33. The zero-order valence-corrected chi connectivity index (χ0v) is 16.9. The van der Waals surface area contributed by atoms with Gasteiger partial charge in [0.2, 0.25) is 0 Å². The van der Waals surface area contributed by atoms with Crippen molar-refractivity contribution in [3.63, 3.8) is 0 Å². The number of nitro benzene ring substituents is 1. The molecule has 0 unspecified atom stereocenters. The molecule has 7 nitrogen and oxygen atoms in total. The van der Waals surface area contributed by atoms with E-state index < -0.39 is 16.8 Å². The first kappa shape index (κ1) is 18.7. The molecule has 0 fully saturated rings. The zero-order valence-electron chi connectivity index (χ0n) is 16.0. The first-order chi connectivity index (χ1) is 13.1. The maximum absolute atomic E-state index is 12.8. The van der Waals surface area contributed by atoms with Crippen LogP contribution in [0.15, 0.2) is 18.2 Å². The number of carbonyl (C=O) groups is 1. The number of carbonyl (C=O) groups excluding carboxylic acids is 1. The molecule has 1 aromatic carbocycles. The van der Waals surface area contributed by atoms with E-state index in [1.807, 2.05) is 0 Å². The number of nitrogens with zero attached hydrogens (tertiary/aromatic N) is 1. The normalized spacial score (nSPS) is 21.3.